The Balaban J connectivity index is 1.77. The third kappa shape index (κ3) is 3.77. The van der Waals surface area contributed by atoms with Gasteiger partial charge in [-0.2, -0.15) is 0 Å². The molecule has 1 fully saturated rings. The number of nitrogens with zero attached hydrogens (tertiary/aromatic N) is 1. The molecular formula is C14H24N2OS. The molecule has 0 bridgehead atoms. The first-order valence-electron chi connectivity index (χ1n) is 6.98. The lowest BCUT2D eigenvalue weighted by atomic mass is 9.79. The molecule has 2 N–H and O–H groups in total. The van der Waals surface area contributed by atoms with Crippen LogP contribution in [0.4, 0.5) is 0 Å². The molecule has 0 aliphatic heterocycles. The fourth-order valence-corrected chi connectivity index (χ4v) is 3.64. The maximum atomic E-state index is 10.5. The van der Waals surface area contributed by atoms with E-state index in [2.05, 4.69) is 24.1 Å². The Morgan fingerprint density at radius 1 is 1.61 bits per heavy atom. The zero-order valence-electron chi connectivity index (χ0n) is 11.4. The minimum atomic E-state index is -0.490. The average Bonchev–Trinajstić information content (AvgIpc) is 2.76. The van der Waals surface area contributed by atoms with E-state index in [1.807, 2.05) is 6.20 Å². The molecule has 3 nitrogen and oxygen atoms in total. The van der Waals surface area contributed by atoms with Crippen LogP contribution in [0.5, 0.6) is 0 Å². The van der Waals surface area contributed by atoms with Gasteiger partial charge in [0.15, 0.2) is 0 Å². The number of hydrogen-bond acceptors (Lipinski definition) is 4. The summed E-state index contributed by atoms with van der Waals surface area (Å²) in [7, 11) is 0. The van der Waals surface area contributed by atoms with E-state index in [0.29, 0.717) is 12.5 Å². The summed E-state index contributed by atoms with van der Waals surface area (Å²) >= 11 is 1.76. The second-order valence-electron chi connectivity index (χ2n) is 5.60. The topological polar surface area (TPSA) is 45.2 Å². The summed E-state index contributed by atoms with van der Waals surface area (Å²) in [5.74, 6) is 0.653. The van der Waals surface area contributed by atoms with Gasteiger partial charge in [0.25, 0.3) is 0 Å². The summed E-state index contributed by atoms with van der Waals surface area (Å²) in [6.07, 6.45) is 7.24. The van der Waals surface area contributed by atoms with E-state index in [-0.39, 0.29) is 0 Å². The molecule has 1 aliphatic rings. The molecule has 0 saturated heterocycles. The van der Waals surface area contributed by atoms with Crippen LogP contribution in [0.25, 0.3) is 0 Å². The maximum absolute atomic E-state index is 10.5. The minimum Gasteiger partial charge on any atom is -0.389 e. The molecule has 0 aromatic carbocycles. The van der Waals surface area contributed by atoms with Crippen LogP contribution < -0.4 is 5.32 Å². The van der Waals surface area contributed by atoms with Crippen molar-refractivity contribution in [1.29, 1.82) is 0 Å². The van der Waals surface area contributed by atoms with Crippen LogP contribution in [0.15, 0.2) is 6.20 Å². The third-order valence-corrected chi connectivity index (χ3v) is 4.87. The van der Waals surface area contributed by atoms with Gasteiger partial charge in [0, 0.05) is 24.2 Å². The van der Waals surface area contributed by atoms with E-state index >= 15 is 0 Å². The quantitative estimate of drug-likeness (QED) is 0.863. The van der Waals surface area contributed by atoms with Crippen LogP contribution in [-0.4, -0.2) is 22.2 Å². The molecule has 4 heteroatoms. The molecule has 1 aliphatic carbocycles. The van der Waals surface area contributed by atoms with Gasteiger partial charge < -0.3 is 10.4 Å². The molecule has 0 spiro atoms. The van der Waals surface area contributed by atoms with Gasteiger partial charge in [-0.05, 0) is 25.2 Å². The molecule has 2 rings (SSSR count). The van der Waals surface area contributed by atoms with Gasteiger partial charge in [0.2, 0.25) is 0 Å². The number of rotatable bonds is 5. The number of hydrogen-bond donors (Lipinski definition) is 2. The molecular weight excluding hydrogens is 244 g/mol. The van der Waals surface area contributed by atoms with Crippen molar-refractivity contribution in [2.75, 3.05) is 6.54 Å². The average molecular weight is 268 g/mol. The Kier molecular flexibility index (Phi) is 4.76. The van der Waals surface area contributed by atoms with E-state index in [1.54, 1.807) is 11.3 Å². The zero-order valence-corrected chi connectivity index (χ0v) is 12.2. The minimum absolute atomic E-state index is 0.490. The zero-order chi connectivity index (χ0) is 13.0. The van der Waals surface area contributed by atoms with Crippen LogP contribution in [0, 0.1) is 5.92 Å². The summed E-state index contributed by atoms with van der Waals surface area (Å²) in [4.78, 5) is 5.61. The highest BCUT2D eigenvalue weighted by molar-refractivity contribution is 7.11. The van der Waals surface area contributed by atoms with Gasteiger partial charge >= 0.3 is 0 Å². The molecule has 0 amide bonds. The molecule has 2 unspecified atom stereocenters. The van der Waals surface area contributed by atoms with Crippen molar-refractivity contribution in [2.45, 2.75) is 58.1 Å². The van der Waals surface area contributed by atoms with E-state index in [4.69, 9.17) is 0 Å². The first kappa shape index (κ1) is 14.0. The van der Waals surface area contributed by atoms with Crippen LogP contribution in [0.2, 0.25) is 0 Å². The lowest BCUT2D eigenvalue weighted by molar-refractivity contribution is -0.0118. The normalized spacial score (nSPS) is 28.5. The van der Waals surface area contributed by atoms with Crippen molar-refractivity contribution in [3.05, 3.63) is 16.1 Å². The van der Waals surface area contributed by atoms with Gasteiger partial charge in [-0.15, -0.1) is 11.3 Å². The van der Waals surface area contributed by atoms with E-state index in [0.717, 1.165) is 32.2 Å². The largest absolute Gasteiger partial charge is 0.389 e. The number of aliphatic hydroxyl groups is 1. The monoisotopic (exact) mass is 268 g/mol. The van der Waals surface area contributed by atoms with Crippen LogP contribution >= 0.6 is 11.3 Å². The molecule has 102 valence electrons. The predicted molar refractivity (Wildman–Crippen MR) is 75.8 cm³/mol. The van der Waals surface area contributed by atoms with Gasteiger partial charge in [-0.25, -0.2) is 4.98 Å². The van der Waals surface area contributed by atoms with Gasteiger partial charge in [-0.3, -0.25) is 0 Å². The summed E-state index contributed by atoms with van der Waals surface area (Å²) in [6, 6.07) is 0. The second kappa shape index (κ2) is 6.13. The molecule has 1 heterocycles. The van der Waals surface area contributed by atoms with Crippen molar-refractivity contribution in [1.82, 2.24) is 10.3 Å². The van der Waals surface area contributed by atoms with Crippen molar-refractivity contribution < 1.29 is 5.11 Å². The first-order chi connectivity index (χ1) is 8.61. The Bertz CT molecular complexity index is 380. The van der Waals surface area contributed by atoms with Gasteiger partial charge in [-0.1, -0.05) is 26.7 Å². The molecule has 1 aromatic rings. The molecule has 18 heavy (non-hydrogen) atoms. The third-order valence-electron chi connectivity index (χ3n) is 3.72. The highest BCUT2D eigenvalue weighted by Crippen LogP contribution is 2.31. The van der Waals surface area contributed by atoms with Crippen molar-refractivity contribution in [3.63, 3.8) is 0 Å². The summed E-state index contributed by atoms with van der Waals surface area (Å²) in [6.45, 7) is 5.90. The van der Waals surface area contributed by atoms with Crippen LogP contribution in [-0.2, 0) is 13.0 Å². The van der Waals surface area contributed by atoms with Crippen molar-refractivity contribution in [2.24, 2.45) is 5.92 Å². The standard InChI is InChI=1S/C14H24N2OS/c1-3-13-16-9-12(18-13)8-15-10-14(17)6-4-5-11(2)7-14/h9,11,15,17H,3-8,10H2,1-2H3. The van der Waals surface area contributed by atoms with Gasteiger partial charge in [0.1, 0.15) is 0 Å². The summed E-state index contributed by atoms with van der Waals surface area (Å²) in [5, 5.41) is 15.1. The van der Waals surface area contributed by atoms with Gasteiger partial charge in [0.05, 0.1) is 10.6 Å². The smallest absolute Gasteiger partial charge is 0.0925 e. The Morgan fingerprint density at radius 3 is 3.11 bits per heavy atom. The number of nitrogens with one attached hydrogen (secondary N) is 1. The highest BCUT2D eigenvalue weighted by Gasteiger charge is 2.31. The maximum Gasteiger partial charge on any atom is 0.0925 e. The summed E-state index contributed by atoms with van der Waals surface area (Å²) in [5.41, 5.74) is -0.490. The molecule has 1 aromatic heterocycles. The fraction of sp³-hybridized carbons (Fsp3) is 0.786. The highest BCUT2D eigenvalue weighted by atomic mass is 32.1. The first-order valence-corrected chi connectivity index (χ1v) is 7.79. The second-order valence-corrected chi connectivity index (χ2v) is 6.80. The Morgan fingerprint density at radius 2 is 2.44 bits per heavy atom. The Labute approximate surface area is 114 Å². The predicted octanol–water partition coefficient (Wildman–Crippen LogP) is 2.74. The number of aryl methyl sites for hydroxylation is 1. The van der Waals surface area contributed by atoms with E-state index < -0.39 is 5.60 Å². The summed E-state index contributed by atoms with van der Waals surface area (Å²) < 4.78 is 0. The fourth-order valence-electron chi connectivity index (χ4n) is 2.80. The van der Waals surface area contributed by atoms with Crippen LogP contribution in [0.1, 0.15) is 49.4 Å². The number of thiazole rings is 1. The van der Waals surface area contributed by atoms with Crippen LogP contribution in [0.3, 0.4) is 0 Å². The SMILES string of the molecule is CCc1ncc(CNCC2(O)CCCC(C)C2)s1. The molecule has 0 radical (unpaired) electrons. The molecule has 1 saturated carbocycles. The van der Waals surface area contributed by atoms with E-state index in [9.17, 15) is 5.11 Å². The Hall–Kier alpha value is -0.450. The molecule has 2 atom stereocenters. The lowest BCUT2D eigenvalue weighted by Crippen LogP contribution is -2.43. The van der Waals surface area contributed by atoms with Crippen molar-refractivity contribution >= 4 is 11.3 Å². The van der Waals surface area contributed by atoms with Crippen molar-refractivity contribution in [3.8, 4) is 0 Å². The lowest BCUT2D eigenvalue weighted by Gasteiger charge is -2.35. The van der Waals surface area contributed by atoms with E-state index in [1.165, 1.54) is 16.3 Å². The number of aromatic nitrogens is 1.